The molecule has 1 aliphatic carbocycles. The van der Waals surface area contributed by atoms with Crippen molar-refractivity contribution in [3.63, 3.8) is 0 Å². The van der Waals surface area contributed by atoms with Crippen molar-refractivity contribution in [3.05, 3.63) is 64.1 Å². The first-order chi connectivity index (χ1) is 18.6. The third-order valence-electron chi connectivity index (χ3n) is 8.41. The Morgan fingerprint density at radius 1 is 0.950 bits per heavy atom. The molecule has 6 rings (SSSR count). The Balaban J connectivity index is 1.25. The fourth-order valence-electron chi connectivity index (χ4n) is 6.02. The maximum Gasteiger partial charge on any atom is 0.433 e. The molecule has 1 saturated carbocycles. The smallest absolute Gasteiger partial charge is 0.353 e. The monoisotopic (exact) mass is 588 g/mol. The van der Waals surface area contributed by atoms with Crippen LogP contribution in [0.4, 0.5) is 36.6 Å². The first kappa shape index (κ1) is 27.3. The van der Waals surface area contributed by atoms with Gasteiger partial charge in [-0.1, -0.05) is 11.6 Å². The Bertz CT molecular complexity index is 1470. The van der Waals surface area contributed by atoms with Gasteiger partial charge in [0.25, 0.3) is 0 Å². The molecule has 0 atom stereocenters. The van der Waals surface area contributed by atoms with Gasteiger partial charge in [-0.05, 0) is 62.6 Å². The molecule has 1 saturated heterocycles. The second-order valence-corrected chi connectivity index (χ2v) is 11.9. The van der Waals surface area contributed by atoms with Crippen LogP contribution in [-0.2, 0) is 19.3 Å². The molecule has 0 amide bonds. The molecule has 14 heteroatoms. The summed E-state index contributed by atoms with van der Waals surface area (Å²) in [6, 6.07) is 6.46. The first-order valence-corrected chi connectivity index (χ1v) is 13.0. The number of halogens is 8. The quantitative estimate of drug-likeness (QED) is 0.326. The van der Waals surface area contributed by atoms with Crippen LogP contribution in [0.15, 0.2) is 30.3 Å². The largest absolute Gasteiger partial charge is 0.433 e. The zero-order chi connectivity index (χ0) is 28.8. The topological polar surface area (TPSA) is 50.1 Å². The number of aromatic nitrogens is 4. The molecule has 0 N–H and O–H groups in total. The van der Waals surface area contributed by atoms with Crippen molar-refractivity contribution in [3.8, 4) is 5.69 Å². The van der Waals surface area contributed by atoms with E-state index in [1.54, 1.807) is 22.8 Å². The number of hydrogen-bond donors (Lipinski definition) is 0. The van der Waals surface area contributed by atoms with Crippen LogP contribution in [0.1, 0.15) is 55.5 Å². The Kier molecular flexibility index (Phi) is 5.98. The van der Waals surface area contributed by atoms with Gasteiger partial charge in [-0.25, -0.2) is 9.37 Å². The van der Waals surface area contributed by atoms with E-state index in [1.807, 2.05) is 0 Å². The SMILES string of the molecule is CC(C)(N1Cc2cc(Cl)ccc2-n2c(nnc2C2CC3(C2)CN(c2nc(C(F)(F)F)ccc2F)C3)C1)C(F)(F)F. The molecule has 6 nitrogen and oxygen atoms in total. The maximum atomic E-state index is 14.3. The van der Waals surface area contributed by atoms with Gasteiger partial charge < -0.3 is 4.90 Å². The summed E-state index contributed by atoms with van der Waals surface area (Å²) in [6.45, 7) is 2.86. The Labute approximate surface area is 229 Å². The molecule has 40 heavy (non-hydrogen) atoms. The molecule has 3 aromatic rings. The van der Waals surface area contributed by atoms with Gasteiger partial charge in [0.05, 0.1) is 12.2 Å². The standard InChI is InChI=1S/C26H24ClF7N6/c1-23(2,26(32,33)34)39-10-14-7-16(27)3-5-18(14)40-20(11-39)36-37-21(40)15-8-24(9-15)12-38(13-24)22-17(28)4-6-19(35-22)25(29,30)31/h3-7,15H,8-13H2,1-2H3. The predicted octanol–water partition coefficient (Wildman–Crippen LogP) is 6.51. The molecule has 1 aromatic carbocycles. The normalized spacial score (nSPS) is 19.6. The van der Waals surface area contributed by atoms with Crippen molar-refractivity contribution in [2.24, 2.45) is 5.41 Å². The van der Waals surface area contributed by atoms with Crippen molar-refractivity contribution in [1.29, 1.82) is 0 Å². The second-order valence-electron chi connectivity index (χ2n) is 11.5. The number of hydrogen-bond acceptors (Lipinski definition) is 5. The van der Waals surface area contributed by atoms with E-state index < -0.39 is 29.4 Å². The van der Waals surface area contributed by atoms with Crippen LogP contribution in [0, 0.1) is 11.2 Å². The number of nitrogens with zero attached hydrogens (tertiary/aromatic N) is 6. The highest BCUT2D eigenvalue weighted by Crippen LogP contribution is 2.57. The predicted molar refractivity (Wildman–Crippen MR) is 132 cm³/mol. The summed E-state index contributed by atoms with van der Waals surface area (Å²) in [5, 5.41) is 9.05. The van der Waals surface area contributed by atoms with Gasteiger partial charge in [0.2, 0.25) is 0 Å². The fraction of sp³-hybridized carbons (Fsp3) is 0.500. The zero-order valence-corrected chi connectivity index (χ0v) is 22.2. The van der Waals surface area contributed by atoms with Crippen molar-refractivity contribution in [2.45, 2.75) is 63.6 Å². The van der Waals surface area contributed by atoms with Crippen LogP contribution in [0.3, 0.4) is 0 Å². The van der Waals surface area contributed by atoms with Gasteiger partial charge >= 0.3 is 12.4 Å². The van der Waals surface area contributed by atoms with Crippen molar-refractivity contribution < 1.29 is 30.7 Å². The van der Waals surface area contributed by atoms with Crippen molar-refractivity contribution >= 4 is 17.4 Å². The highest BCUT2D eigenvalue weighted by atomic mass is 35.5. The van der Waals surface area contributed by atoms with Gasteiger partial charge in [0, 0.05) is 36.0 Å². The van der Waals surface area contributed by atoms with Crippen LogP contribution in [0.25, 0.3) is 5.69 Å². The van der Waals surface area contributed by atoms with E-state index in [-0.39, 0.29) is 30.2 Å². The Hall–Kier alpha value is -2.93. The summed E-state index contributed by atoms with van der Waals surface area (Å²) in [7, 11) is 0. The number of alkyl halides is 6. The minimum absolute atomic E-state index is 0.00429. The lowest BCUT2D eigenvalue weighted by Gasteiger charge is -2.59. The van der Waals surface area contributed by atoms with Gasteiger partial charge in [0.15, 0.2) is 17.5 Å². The molecule has 0 radical (unpaired) electrons. The minimum Gasteiger partial charge on any atom is -0.353 e. The van der Waals surface area contributed by atoms with Crippen LogP contribution < -0.4 is 4.90 Å². The maximum absolute atomic E-state index is 14.3. The summed E-state index contributed by atoms with van der Waals surface area (Å²) < 4.78 is 97.3. The van der Waals surface area contributed by atoms with E-state index in [9.17, 15) is 30.7 Å². The lowest BCUT2D eigenvalue weighted by molar-refractivity contribution is -0.224. The molecule has 4 heterocycles. The van der Waals surface area contributed by atoms with Crippen molar-refractivity contribution in [1.82, 2.24) is 24.6 Å². The van der Waals surface area contributed by atoms with E-state index >= 15 is 0 Å². The average Bonchev–Trinajstić information content (AvgIpc) is 3.11. The summed E-state index contributed by atoms with van der Waals surface area (Å²) >= 11 is 6.22. The number of rotatable bonds is 3. The van der Waals surface area contributed by atoms with Gasteiger partial charge in [0.1, 0.15) is 17.1 Å². The molecule has 0 bridgehead atoms. The zero-order valence-electron chi connectivity index (χ0n) is 21.4. The molecular formula is C26H24ClF7N6. The summed E-state index contributed by atoms with van der Waals surface area (Å²) in [4.78, 5) is 6.31. The Morgan fingerprint density at radius 3 is 2.30 bits per heavy atom. The summed E-state index contributed by atoms with van der Waals surface area (Å²) in [5.74, 6) is -0.229. The Morgan fingerprint density at radius 2 is 1.65 bits per heavy atom. The number of fused-ring (bicyclic) bond motifs is 3. The van der Waals surface area contributed by atoms with Crippen molar-refractivity contribution in [2.75, 3.05) is 18.0 Å². The van der Waals surface area contributed by atoms with E-state index in [2.05, 4.69) is 15.2 Å². The molecule has 1 spiro atoms. The lowest BCUT2D eigenvalue weighted by atomic mass is 9.57. The number of benzene rings is 1. The molecule has 2 fully saturated rings. The van der Waals surface area contributed by atoms with Crippen LogP contribution >= 0.6 is 11.6 Å². The van der Waals surface area contributed by atoms with E-state index in [0.29, 0.717) is 59.9 Å². The molecule has 2 aromatic heterocycles. The van der Waals surface area contributed by atoms with Crippen LogP contribution in [0.2, 0.25) is 5.02 Å². The highest BCUT2D eigenvalue weighted by Gasteiger charge is 2.56. The number of pyridine rings is 1. The number of anilines is 1. The van der Waals surface area contributed by atoms with E-state index in [0.717, 1.165) is 19.9 Å². The van der Waals surface area contributed by atoms with Gasteiger partial charge in [-0.3, -0.25) is 9.47 Å². The van der Waals surface area contributed by atoms with Crippen LogP contribution in [0.5, 0.6) is 0 Å². The van der Waals surface area contributed by atoms with E-state index in [4.69, 9.17) is 11.6 Å². The second kappa shape index (κ2) is 8.78. The van der Waals surface area contributed by atoms with Gasteiger partial charge in [-0.2, -0.15) is 26.3 Å². The molecular weight excluding hydrogens is 565 g/mol. The average molecular weight is 589 g/mol. The van der Waals surface area contributed by atoms with E-state index in [1.165, 1.54) is 9.80 Å². The first-order valence-electron chi connectivity index (χ1n) is 12.6. The fourth-order valence-corrected chi connectivity index (χ4v) is 6.21. The lowest BCUT2D eigenvalue weighted by Crippen LogP contribution is -2.62. The third-order valence-corrected chi connectivity index (χ3v) is 8.64. The molecule has 0 unspecified atom stereocenters. The molecule has 3 aliphatic rings. The van der Waals surface area contributed by atoms with Crippen LogP contribution in [-0.4, -0.2) is 49.5 Å². The summed E-state index contributed by atoms with van der Waals surface area (Å²) in [5.41, 5.74) is -2.26. The minimum atomic E-state index is -4.68. The summed E-state index contributed by atoms with van der Waals surface area (Å²) in [6.07, 6.45) is -7.91. The highest BCUT2D eigenvalue weighted by molar-refractivity contribution is 6.30. The third kappa shape index (κ3) is 4.32. The molecule has 214 valence electrons. The van der Waals surface area contributed by atoms with Gasteiger partial charge in [-0.15, -0.1) is 10.2 Å². The molecule has 2 aliphatic heterocycles.